The van der Waals surface area contributed by atoms with Gasteiger partial charge in [-0.1, -0.05) is 29.8 Å². The lowest BCUT2D eigenvalue weighted by Crippen LogP contribution is -2.30. The molecule has 5 nitrogen and oxygen atoms in total. The van der Waals surface area contributed by atoms with Gasteiger partial charge in [-0.25, -0.2) is 0 Å². The highest BCUT2D eigenvalue weighted by atomic mass is 35.5. The SMILES string of the molecule is COc1ccc(C)c2c1NC(c1cc([N+](=O)[O-])ccc1Cl)C1CC=CC21. The van der Waals surface area contributed by atoms with Gasteiger partial charge in [-0.15, -0.1) is 0 Å². The van der Waals surface area contributed by atoms with Gasteiger partial charge in [0.15, 0.2) is 0 Å². The maximum Gasteiger partial charge on any atom is 0.269 e. The molecule has 0 radical (unpaired) electrons. The number of fused-ring (bicyclic) bond motifs is 3. The summed E-state index contributed by atoms with van der Waals surface area (Å²) in [5.41, 5.74) is 4.21. The maximum atomic E-state index is 11.2. The summed E-state index contributed by atoms with van der Waals surface area (Å²) in [7, 11) is 1.65. The van der Waals surface area contributed by atoms with Crippen LogP contribution in [0.2, 0.25) is 5.02 Å². The second-order valence-electron chi connectivity index (χ2n) is 6.81. The number of benzene rings is 2. The van der Waals surface area contributed by atoms with Gasteiger partial charge in [-0.3, -0.25) is 10.1 Å². The number of hydrogen-bond acceptors (Lipinski definition) is 4. The summed E-state index contributed by atoms with van der Waals surface area (Å²) in [6.07, 6.45) is 5.32. The normalized spacial score (nSPS) is 23.1. The number of ether oxygens (including phenoxy) is 1. The van der Waals surface area contributed by atoms with Gasteiger partial charge < -0.3 is 10.1 Å². The van der Waals surface area contributed by atoms with Crippen molar-refractivity contribution < 1.29 is 9.66 Å². The van der Waals surface area contributed by atoms with Crippen LogP contribution in [0.3, 0.4) is 0 Å². The highest BCUT2D eigenvalue weighted by Gasteiger charge is 2.40. The average Bonchev–Trinajstić information content (AvgIpc) is 3.11. The van der Waals surface area contributed by atoms with Crippen LogP contribution in [-0.2, 0) is 0 Å². The molecule has 134 valence electrons. The average molecular weight is 371 g/mol. The molecule has 6 heteroatoms. The number of nitrogens with zero attached hydrogens (tertiary/aromatic N) is 1. The number of nitro groups is 1. The van der Waals surface area contributed by atoms with Gasteiger partial charge in [0.25, 0.3) is 5.69 Å². The topological polar surface area (TPSA) is 64.4 Å². The van der Waals surface area contributed by atoms with Crippen LogP contribution in [0.25, 0.3) is 0 Å². The van der Waals surface area contributed by atoms with Crippen LogP contribution in [0.5, 0.6) is 5.75 Å². The highest BCUT2D eigenvalue weighted by Crippen LogP contribution is 2.54. The third-order valence-electron chi connectivity index (χ3n) is 5.44. The predicted molar refractivity (Wildman–Crippen MR) is 102 cm³/mol. The second-order valence-corrected chi connectivity index (χ2v) is 7.22. The Morgan fingerprint density at radius 2 is 2.12 bits per heavy atom. The van der Waals surface area contributed by atoms with E-state index in [-0.39, 0.29) is 28.5 Å². The Balaban J connectivity index is 1.87. The molecule has 0 fully saturated rings. The van der Waals surface area contributed by atoms with E-state index in [1.807, 2.05) is 6.07 Å². The van der Waals surface area contributed by atoms with Crippen molar-refractivity contribution in [2.45, 2.75) is 25.3 Å². The highest BCUT2D eigenvalue weighted by molar-refractivity contribution is 6.31. The molecule has 0 amide bonds. The molecule has 1 aliphatic heterocycles. The number of allylic oxidation sites excluding steroid dienone is 2. The van der Waals surface area contributed by atoms with Gasteiger partial charge in [0.1, 0.15) is 5.75 Å². The first-order chi connectivity index (χ1) is 12.5. The fourth-order valence-corrected chi connectivity index (χ4v) is 4.47. The lowest BCUT2D eigenvalue weighted by Gasteiger charge is -2.39. The van der Waals surface area contributed by atoms with E-state index >= 15 is 0 Å². The zero-order chi connectivity index (χ0) is 18.4. The number of aryl methyl sites for hydroxylation is 1. The molecule has 1 aliphatic carbocycles. The number of rotatable bonds is 3. The summed E-state index contributed by atoms with van der Waals surface area (Å²) < 4.78 is 5.56. The molecule has 3 atom stereocenters. The lowest BCUT2D eigenvalue weighted by atomic mass is 9.75. The Kier molecular flexibility index (Phi) is 4.11. The van der Waals surface area contributed by atoms with E-state index in [4.69, 9.17) is 16.3 Å². The molecule has 0 bridgehead atoms. The Bertz CT molecular complexity index is 926. The zero-order valence-corrected chi connectivity index (χ0v) is 15.3. The van der Waals surface area contributed by atoms with E-state index in [1.165, 1.54) is 17.2 Å². The Hall–Kier alpha value is -2.53. The van der Waals surface area contributed by atoms with Gasteiger partial charge in [-0.05, 0) is 42.5 Å². The summed E-state index contributed by atoms with van der Waals surface area (Å²) >= 11 is 6.44. The van der Waals surface area contributed by atoms with Crippen molar-refractivity contribution in [3.05, 3.63) is 74.3 Å². The second kappa shape index (κ2) is 6.32. The minimum absolute atomic E-state index is 0.0516. The quantitative estimate of drug-likeness (QED) is 0.447. The Morgan fingerprint density at radius 1 is 1.31 bits per heavy atom. The number of anilines is 1. The van der Waals surface area contributed by atoms with E-state index in [0.717, 1.165) is 23.4 Å². The van der Waals surface area contributed by atoms with E-state index in [2.05, 4.69) is 30.5 Å². The monoisotopic (exact) mass is 370 g/mol. The minimum Gasteiger partial charge on any atom is -0.495 e. The molecule has 2 aromatic rings. The van der Waals surface area contributed by atoms with Crippen molar-refractivity contribution in [1.82, 2.24) is 0 Å². The van der Waals surface area contributed by atoms with Crippen LogP contribution >= 0.6 is 11.6 Å². The summed E-state index contributed by atoms with van der Waals surface area (Å²) in [6.45, 7) is 2.10. The molecule has 0 spiro atoms. The van der Waals surface area contributed by atoms with Crippen molar-refractivity contribution in [2.75, 3.05) is 12.4 Å². The first-order valence-corrected chi connectivity index (χ1v) is 8.93. The van der Waals surface area contributed by atoms with Crippen molar-refractivity contribution in [1.29, 1.82) is 0 Å². The molecule has 0 saturated heterocycles. The van der Waals surface area contributed by atoms with Gasteiger partial charge in [0.2, 0.25) is 0 Å². The van der Waals surface area contributed by atoms with Gasteiger partial charge in [-0.2, -0.15) is 0 Å². The minimum atomic E-state index is -0.383. The third-order valence-corrected chi connectivity index (χ3v) is 5.79. The Morgan fingerprint density at radius 3 is 2.85 bits per heavy atom. The van der Waals surface area contributed by atoms with E-state index < -0.39 is 0 Å². The van der Waals surface area contributed by atoms with Crippen molar-refractivity contribution in [3.8, 4) is 5.75 Å². The van der Waals surface area contributed by atoms with Crippen LogP contribution in [0.4, 0.5) is 11.4 Å². The molecule has 1 heterocycles. The molecule has 0 saturated carbocycles. The summed E-state index contributed by atoms with van der Waals surface area (Å²) in [5.74, 6) is 1.27. The van der Waals surface area contributed by atoms with Crippen LogP contribution in [0.1, 0.15) is 35.1 Å². The smallest absolute Gasteiger partial charge is 0.269 e. The maximum absolute atomic E-state index is 11.2. The summed E-state index contributed by atoms with van der Waals surface area (Å²) in [5, 5.41) is 15.3. The lowest BCUT2D eigenvalue weighted by molar-refractivity contribution is -0.384. The Labute approximate surface area is 156 Å². The molecule has 1 N–H and O–H groups in total. The number of hydrogen-bond donors (Lipinski definition) is 1. The van der Waals surface area contributed by atoms with Crippen molar-refractivity contribution >= 4 is 23.0 Å². The number of halogens is 1. The van der Waals surface area contributed by atoms with Crippen molar-refractivity contribution in [2.24, 2.45) is 5.92 Å². The van der Waals surface area contributed by atoms with Crippen molar-refractivity contribution in [3.63, 3.8) is 0 Å². The third kappa shape index (κ3) is 2.54. The van der Waals surface area contributed by atoms with E-state index in [9.17, 15) is 10.1 Å². The van der Waals surface area contributed by atoms with Gasteiger partial charge in [0.05, 0.1) is 23.8 Å². The fraction of sp³-hybridized carbons (Fsp3) is 0.300. The van der Waals surface area contributed by atoms with E-state index in [1.54, 1.807) is 19.2 Å². The van der Waals surface area contributed by atoms with Crippen LogP contribution in [-0.4, -0.2) is 12.0 Å². The summed E-state index contributed by atoms with van der Waals surface area (Å²) in [4.78, 5) is 10.8. The molecule has 0 aromatic heterocycles. The molecular weight excluding hydrogens is 352 g/mol. The molecular formula is C20H19ClN2O3. The number of nitrogens with one attached hydrogen (secondary N) is 1. The summed E-state index contributed by atoms with van der Waals surface area (Å²) in [6, 6.07) is 8.54. The fourth-order valence-electron chi connectivity index (χ4n) is 4.23. The molecule has 26 heavy (non-hydrogen) atoms. The molecule has 2 aromatic carbocycles. The molecule has 3 unspecified atom stereocenters. The largest absolute Gasteiger partial charge is 0.495 e. The first-order valence-electron chi connectivity index (χ1n) is 8.55. The number of methoxy groups -OCH3 is 1. The van der Waals surface area contributed by atoms with Gasteiger partial charge >= 0.3 is 0 Å². The first kappa shape index (κ1) is 16.9. The van der Waals surface area contributed by atoms with Crippen LogP contribution in [0.15, 0.2) is 42.5 Å². The standard InChI is InChI=1S/C20H19ClN2O3/c1-11-6-9-17(26-2)20-18(11)13-4-3-5-14(13)19(22-20)15-10-12(23(24)25)7-8-16(15)21/h3-4,6-10,13-14,19,22H,5H2,1-2H3. The van der Waals surface area contributed by atoms with Crippen LogP contribution in [0, 0.1) is 23.0 Å². The molecule has 4 rings (SSSR count). The number of non-ortho nitro benzene ring substituents is 1. The molecule has 2 aliphatic rings. The van der Waals surface area contributed by atoms with E-state index in [0.29, 0.717) is 5.02 Å². The number of nitro benzene ring substituents is 1. The van der Waals surface area contributed by atoms with Gasteiger partial charge in [0, 0.05) is 28.6 Å². The predicted octanol–water partition coefficient (Wildman–Crippen LogP) is 5.39. The van der Waals surface area contributed by atoms with Crippen LogP contribution < -0.4 is 10.1 Å². The zero-order valence-electron chi connectivity index (χ0n) is 14.5.